The highest BCUT2D eigenvalue weighted by molar-refractivity contribution is 14.1. The molecule has 4 nitrogen and oxygen atoms in total. The summed E-state index contributed by atoms with van der Waals surface area (Å²) < 4.78 is 4.96. The van der Waals surface area contributed by atoms with Crippen LogP contribution in [0.2, 0.25) is 0 Å². The second-order valence-corrected chi connectivity index (χ2v) is 2.38. The molecule has 0 bridgehead atoms. The van der Waals surface area contributed by atoms with Gasteiger partial charge < -0.3 is 9.63 Å². The van der Waals surface area contributed by atoms with Gasteiger partial charge in [0, 0.05) is 28.7 Å². The summed E-state index contributed by atoms with van der Waals surface area (Å²) in [4.78, 5) is 10.1. The summed E-state index contributed by atoms with van der Waals surface area (Å²) in [5.74, 6) is -1.07. The monoisotopic (exact) mass is 239 g/mol. The molecule has 0 spiro atoms. The molecule has 0 aromatic carbocycles. The maximum atomic E-state index is 10.1. The van der Waals surface area contributed by atoms with Gasteiger partial charge in [-0.2, -0.15) is 0 Å². The Balaban J connectivity index is 2.98. The lowest BCUT2D eigenvalue weighted by molar-refractivity contribution is 0.0685. The van der Waals surface area contributed by atoms with E-state index in [1.165, 1.54) is 6.07 Å². The normalized spacial score (nSPS) is 9.44. The zero-order valence-corrected chi connectivity index (χ0v) is 6.32. The van der Waals surface area contributed by atoms with Crippen molar-refractivity contribution in [3.8, 4) is 0 Å². The molecule has 1 aromatic heterocycles. The van der Waals surface area contributed by atoms with Crippen LogP contribution in [0.15, 0.2) is 10.6 Å². The number of nitrogens with zero attached hydrogens (tertiary/aromatic N) is 1. The second kappa shape index (κ2) is 2.34. The lowest BCUT2D eigenvalue weighted by Crippen LogP contribution is -1.94. The van der Waals surface area contributed by atoms with Gasteiger partial charge in [0.15, 0.2) is 9.46 Å². The average Bonchev–Trinajstić information content (AvgIpc) is 2.14. The van der Waals surface area contributed by atoms with Crippen molar-refractivity contribution in [2.45, 2.75) is 0 Å². The summed E-state index contributed by atoms with van der Waals surface area (Å²) in [5, 5.41) is 11.5. The van der Waals surface area contributed by atoms with Crippen LogP contribution in [0, 0.1) is 3.77 Å². The predicted octanol–water partition coefficient (Wildman–Crippen LogP) is 0.977. The SMILES string of the molecule is O=C(O)c1cc(I)on1. The fourth-order valence-corrected chi connectivity index (χ4v) is 0.747. The van der Waals surface area contributed by atoms with Gasteiger partial charge in [0.1, 0.15) is 0 Å². The van der Waals surface area contributed by atoms with Crippen LogP contribution in [0.5, 0.6) is 0 Å². The van der Waals surface area contributed by atoms with Crippen molar-refractivity contribution in [3.05, 3.63) is 15.5 Å². The molecule has 0 unspecified atom stereocenters. The molecule has 5 heteroatoms. The van der Waals surface area contributed by atoms with Gasteiger partial charge in [-0.1, -0.05) is 5.16 Å². The Bertz CT molecular complexity index is 231. The van der Waals surface area contributed by atoms with Crippen LogP contribution >= 0.6 is 22.6 Å². The van der Waals surface area contributed by atoms with Crippen LogP contribution in [-0.4, -0.2) is 16.2 Å². The molecule has 1 aromatic rings. The maximum absolute atomic E-state index is 10.1. The molecule has 0 saturated heterocycles. The van der Waals surface area contributed by atoms with Crippen LogP contribution in [0.3, 0.4) is 0 Å². The fraction of sp³-hybridized carbons (Fsp3) is 0. The van der Waals surface area contributed by atoms with Gasteiger partial charge in [-0.3, -0.25) is 0 Å². The van der Waals surface area contributed by atoms with Crippen molar-refractivity contribution >= 4 is 28.6 Å². The van der Waals surface area contributed by atoms with E-state index in [0.717, 1.165) is 0 Å². The third-order valence-corrected chi connectivity index (χ3v) is 1.21. The first kappa shape index (κ1) is 6.53. The van der Waals surface area contributed by atoms with Crippen molar-refractivity contribution in [3.63, 3.8) is 0 Å². The molecule has 0 amide bonds. The first-order valence-electron chi connectivity index (χ1n) is 2.05. The molecule has 0 aliphatic heterocycles. The Hall–Kier alpha value is -0.590. The van der Waals surface area contributed by atoms with Gasteiger partial charge in [-0.25, -0.2) is 4.79 Å². The third-order valence-electron chi connectivity index (χ3n) is 0.701. The minimum atomic E-state index is -1.07. The minimum absolute atomic E-state index is 0.0561. The molecule has 1 N–H and O–H groups in total. The summed E-state index contributed by atoms with van der Waals surface area (Å²) >= 11 is 1.84. The topological polar surface area (TPSA) is 63.3 Å². The van der Waals surface area contributed by atoms with Crippen molar-refractivity contribution in [1.82, 2.24) is 5.16 Å². The third kappa shape index (κ3) is 1.41. The highest BCUT2D eigenvalue weighted by atomic mass is 127. The Labute approximate surface area is 64.0 Å². The van der Waals surface area contributed by atoms with Crippen LogP contribution in [0.25, 0.3) is 0 Å². The van der Waals surface area contributed by atoms with Crippen LogP contribution in [0.4, 0.5) is 0 Å². The average molecular weight is 239 g/mol. The van der Waals surface area contributed by atoms with E-state index in [1.807, 2.05) is 22.6 Å². The molecule has 0 radical (unpaired) electrons. The molecule has 48 valence electrons. The number of hydrogen-bond acceptors (Lipinski definition) is 3. The molecule has 1 heterocycles. The fourth-order valence-electron chi connectivity index (χ4n) is 0.354. The number of carboxylic acids is 1. The Morgan fingerprint density at radius 1 is 1.89 bits per heavy atom. The van der Waals surface area contributed by atoms with Crippen LogP contribution < -0.4 is 0 Å². The van der Waals surface area contributed by atoms with E-state index in [0.29, 0.717) is 3.77 Å². The Morgan fingerprint density at radius 2 is 2.56 bits per heavy atom. The first-order chi connectivity index (χ1) is 4.20. The molecule has 0 saturated carbocycles. The highest BCUT2D eigenvalue weighted by Crippen LogP contribution is 2.05. The van der Waals surface area contributed by atoms with E-state index >= 15 is 0 Å². The van der Waals surface area contributed by atoms with Crippen molar-refractivity contribution in [1.29, 1.82) is 0 Å². The number of aromatic carboxylic acids is 1. The standard InChI is InChI=1S/C4H2INO3/c5-3-1-2(4(7)8)6-9-3/h1H,(H,7,8). The lowest BCUT2D eigenvalue weighted by atomic mass is 10.5. The summed E-state index contributed by atoms with van der Waals surface area (Å²) in [5.41, 5.74) is -0.0561. The summed E-state index contributed by atoms with van der Waals surface area (Å²) in [6.07, 6.45) is 0. The van der Waals surface area contributed by atoms with Gasteiger partial charge in [0.2, 0.25) is 0 Å². The first-order valence-corrected chi connectivity index (χ1v) is 3.13. The van der Waals surface area contributed by atoms with E-state index < -0.39 is 5.97 Å². The molecule has 0 aliphatic rings. The second-order valence-electron chi connectivity index (χ2n) is 1.32. The van der Waals surface area contributed by atoms with Gasteiger partial charge in [0.25, 0.3) is 0 Å². The number of carbonyl (C=O) groups is 1. The van der Waals surface area contributed by atoms with Crippen molar-refractivity contribution in [2.75, 3.05) is 0 Å². The van der Waals surface area contributed by atoms with Crippen molar-refractivity contribution < 1.29 is 14.4 Å². The number of halogens is 1. The summed E-state index contributed by atoms with van der Waals surface area (Å²) in [6.45, 7) is 0. The maximum Gasteiger partial charge on any atom is 0.358 e. The zero-order valence-electron chi connectivity index (χ0n) is 4.17. The molecule has 1 rings (SSSR count). The highest BCUT2D eigenvalue weighted by Gasteiger charge is 2.07. The van der Waals surface area contributed by atoms with Gasteiger partial charge in [0.05, 0.1) is 0 Å². The Kier molecular flexibility index (Phi) is 1.70. The number of carboxylic acid groups (broad SMARTS) is 1. The molecule has 0 aliphatic carbocycles. The number of aromatic nitrogens is 1. The molecule has 9 heavy (non-hydrogen) atoms. The number of rotatable bonds is 1. The summed E-state index contributed by atoms with van der Waals surface area (Å²) in [7, 11) is 0. The molecule has 0 atom stereocenters. The van der Waals surface area contributed by atoms with E-state index in [-0.39, 0.29) is 5.69 Å². The van der Waals surface area contributed by atoms with Crippen molar-refractivity contribution in [2.24, 2.45) is 0 Å². The van der Waals surface area contributed by atoms with E-state index in [4.69, 9.17) is 5.11 Å². The minimum Gasteiger partial charge on any atom is -0.476 e. The smallest absolute Gasteiger partial charge is 0.358 e. The van der Waals surface area contributed by atoms with Crippen LogP contribution in [-0.2, 0) is 0 Å². The molecular weight excluding hydrogens is 237 g/mol. The summed E-state index contributed by atoms with van der Waals surface area (Å²) in [6, 6.07) is 1.35. The molecular formula is C4H2INO3. The van der Waals surface area contributed by atoms with Gasteiger partial charge in [-0.15, -0.1) is 0 Å². The van der Waals surface area contributed by atoms with Gasteiger partial charge in [-0.05, 0) is 0 Å². The Morgan fingerprint density at radius 3 is 2.78 bits per heavy atom. The largest absolute Gasteiger partial charge is 0.476 e. The van der Waals surface area contributed by atoms with E-state index in [9.17, 15) is 4.79 Å². The van der Waals surface area contributed by atoms with Gasteiger partial charge >= 0.3 is 5.97 Å². The predicted molar refractivity (Wildman–Crippen MR) is 36.2 cm³/mol. The number of hydrogen-bond donors (Lipinski definition) is 1. The van der Waals surface area contributed by atoms with E-state index in [2.05, 4.69) is 9.68 Å². The van der Waals surface area contributed by atoms with Crippen LogP contribution in [0.1, 0.15) is 10.5 Å². The lowest BCUT2D eigenvalue weighted by Gasteiger charge is -1.75. The quantitative estimate of drug-likeness (QED) is 0.741. The zero-order chi connectivity index (χ0) is 6.85. The van der Waals surface area contributed by atoms with E-state index in [1.54, 1.807) is 0 Å². The molecule has 0 fully saturated rings.